The van der Waals surface area contributed by atoms with Crippen molar-refractivity contribution in [3.05, 3.63) is 44.1 Å². The van der Waals surface area contributed by atoms with Gasteiger partial charge in [-0.1, -0.05) is 11.8 Å². The molecule has 8 nitrogen and oxygen atoms in total. The highest BCUT2D eigenvalue weighted by Crippen LogP contribution is 2.34. The molecule has 1 aromatic carbocycles. The zero-order valence-corrected chi connectivity index (χ0v) is 18.9. The third kappa shape index (κ3) is 7.21. The third-order valence-electron chi connectivity index (χ3n) is 3.06. The van der Waals surface area contributed by atoms with E-state index in [0.717, 1.165) is 11.4 Å². The molecule has 0 spiro atoms. The summed E-state index contributed by atoms with van der Waals surface area (Å²) in [6.07, 6.45) is 1.46. The molecule has 0 aliphatic carbocycles. The number of nitrogens with one attached hydrogen (secondary N) is 1. The van der Waals surface area contributed by atoms with Crippen LogP contribution < -0.4 is 10.2 Å². The Morgan fingerprint density at radius 1 is 1.21 bits per heavy atom. The van der Waals surface area contributed by atoms with Crippen molar-refractivity contribution in [2.45, 2.75) is 19.0 Å². The second-order valence-electron chi connectivity index (χ2n) is 5.51. The fraction of sp³-hybridized carbons (Fsp3) is 0.235. The van der Waals surface area contributed by atoms with E-state index in [4.69, 9.17) is 9.84 Å². The molecule has 0 unspecified atom stereocenters. The van der Waals surface area contributed by atoms with Gasteiger partial charge in [0.25, 0.3) is 5.91 Å². The number of hydrogen-bond acceptors (Lipinski definition) is 7. The minimum Gasteiger partial charge on any atom is -0.480 e. The molecule has 0 atom stereocenters. The maximum atomic E-state index is 11.9. The summed E-state index contributed by atoms with van der Waals surface area (Å²) in [5.41, 5.74) is 4.81. The Morgan fingerprint density at radius 2 is 1.82 bits per heavy atom. The molecule has 2 N–H and O–H groups in total. The fourth-order valence-electron chi connectivity index (χ4n) is 2.03. The number of carboxylic acids is 1. The SMILES string of the molecule is Cc1cc(C)nc(SCC(=O)N/N=C\c2cc(Br)c(OCC(=O)O)c(Br)c2)n1. The fourth-order valence-corrected chi connectivity index (χ4v) is 4.22. The number of hydrogen-bond donors (Lipinski definition) is 2. The number of halogens is 2. The lowest BCUT2D eigenvalue weighted by atomic mass is 10.2. The Kier molecular flexibility index (Phi) is 8.39. The highest BCUT2D eigenvalue weighted by molar-refractivity contribution is 9.11. The highest BCUT2D eigenvalue weighted by Gasteiger charge is 2.10. The molecule has 0 saturated heterocycles. The molecule has 0 bridgehead atoms. The first kappa shape index (κ1) is 22.3. The number of aliphatic carboxylic acids is 1. The number of hydrazone groups is 1. The van der Waals surface area contributed by atoms with Crippen molar-refractivity contribution < 1.29 is 19.4 Å². The summed E-state index contributed by atoms with van der Waals surface area (Å²) < 4.78 is 6.30. The van der Waals surface area contributed by atoms with Gasteiger partial charge in [-0.3, -0.25) is 4.79 Å². The molecule has 0 saturated carbocycles. The van der Waals surface area contributed by atoms with Crippen LogP contribution in [0, 0.1) is 13.8 Å². The van der Waals surface area contributed by atoms with Gasteiger partial charge in [0.2, 0.25) is 0 Å². The van der Waals surface area contributed by atoms with Crippen LogP contribution in [0.15, 0.2) is 37.4 Å². The number of nitrogens with zero attached hydrogens (tertiary/aromatic N) is 3. The normalized spacial score (nSPS) is 10.9. The van der Waals surface area contributed by atoms with Gasteiger partial charge in [-0.05, 0) is 69.5 Å². The van der Waals surface area contributed by atoms with Crippen molar-refractivity contribution in [1.29, 1.82) is 0 Å². The second kappa shape index (κ2) is 10.5. The molecule has 0 fully saturated rings. The Bertz CT molecular complexity index is 881. The Balaban J connectivity index is 1.91. The smallest absolute Gasteiger partial charge is 0.341 e. The van der Waals surface area contributed by atoms with Crippen LogP contribution in [-0.2, 0) is 9.59 Å². The number of amides is 1. The van der Waals surface area contributed by atoms with E-state index >= 15 is 0 Å². The predicted molar refractivity (Wildman–Crippen MR) is 113 cm³/mol. The molecule has 2 aromatic rings. The summed E-state index contributed by atoms with van der Waals surface area (Å²) in [6, 6.07) is 5.24. The molecule has 0 aliphatic heterocycles. The first-order valence-corrected chi connectivity index (χ1v) is 10.4. The summed E-state index contributed by atoms with van der Waals surface area (Å²) in [5, 5.41) is 13.2. The topological polar surface area (TPSA) is 114 Å². The molecule has 1 heterocycles. The lowest BCUT2D eigenvalue weighted by molar-refractivity contribution is -0.139. The molecule has 1 aromatic heterocycles. The quantitative estimate of drug-likeness (QED) is 0.232. The van der Waals surface area contributed by atoms with E-state index in [-0.39, 0.29) is 11.7 Å². The maximum absolute atomic E-state index is 11.9. The van der Waals surface area contributed by atoms with Crippen LogP contribution in [0.3, 0.4) is 0 Å². The Hall–Kier alpha value is -1.98. The van der Waals surface area contributed by atoms with E-state index < -0.39 is 12.6 Å². The van der Waals surface area contributed by atoms with Crippen molar-refractivity contribution in [1.82, 2.24) is 15.4 Å². The number of carboxylic acid groups (broad SMARTS) is 1. The molecule has 11 heteroatoms. The summed E-state index contributed by atoms with van der Waals surface area (Å²) in [6.45, 7) is 3.29. The van der Waals surface area contributed by atoms with Gasteiger partial charge in [-0.2, -0.15) is 5.10 Å². The van der Waals surface area contributed by atoms with Crippen molar-refractivity contribution in [3.63, 3.8) is 0 Å². The van der Waals surface area contributed by atoms with Gasteiger partial charge in [-0.15, -0.1) is 0 Å². The van der Waals surface area contributed by atoms with Crippen LogP contribution in [0.4, 0.5) is 0 Å². The average Bonchev–Trinajstić information content (AvgIpc) is 2.58. The van der Waals surface area contributed by atoms with Gasteiger partial charge in [0, 0.05) is 11.4 Å². The minimum atomic E-state index is -1.07. The largest absolute Gasteiger partial charge is 0.480 e. The number of benzene rings is 1. The molecule has 0 aliphatic rings. The van der Waals surface area contributed by atoms with Crippen molar-refractivity contribution in [3.8, 4) is 5.75 Å². The standard InChI is InChI=1S/C17H16Br2N4O4S/c1-9-3-10(2)22-17(21-9)28-8-14(24)23-20-6-11-4-12(18)16(13(19)5-11)27-7-15(25)26/h3-6H,7-8H2,1-2H3,(H,23,24)(H,25,26)/b20-6-. The third-order valence-corrected chi connectivity index (χ3v) is 5.08. The van der Waals surface area contributed by atoms with E-state index in [0.29, 0.717) is 25.4 Å². The monoisotopic (exact) mass is 530 g/mol. The first-order chi connectivity index (χ1) is 13.2. The second-order valence-corrected chi connectivity index (χ2v) is 8.16. The van der Waals surface area contributed by atoms with E-state index in [1.807, 2.05) is 19.9 Å². The summed E-state index contributed by atoms with van der Waals surface area (Å²) >= 11 is 7.86. The molecule has 1 amide bonds. The predicted octanol–water partition coefficient (Wildman–Crippen LogP) is 3.32. The summed E-state index contributed by atoms with van der Waals surface area (Å²) in [4.78, 5) is 31.1. The molecule has 28 heavy (non-hydrogen) atoms. The van der Waals surface area contributed by atoms with Gasteiger partial charge in [0.05, 0.1) is 20.9 Å². The van der Waals surface area contributed by atoms with Gasteiger partial charge >= 0.3 is 5.97 Å². The zero-order chi connectivity index (χ0) is 20.7. The average molecular weight is 532 g/mol. The van der Waals surface area contributed by atoms with Crippen LogP contribution in [-0.4, -0.2) is 45.5 Å². The Labute approximate surface area is 182 Å². The lowest BCUT2D eigenvalue weighted by Crippen LogP contribution is -2.19. The summed E-state index contributed by atoms with van der Waals surface area (Å²) in [5.74, 6) is -0.858. The van der Waals surface area contributed by atoms with Crippen LogP contribution in [0.5, 0.6) is 5.75 Å². The van der Waals surface area contributed by atoms with Gasteiger partial charge in [-0.25, -0.2) is 20.2 Å². The van der Waals surface area contributed by atoms with Crippen molar-refractivity contribution >= 4 is 61.7 Å². The van der Waals surface area contributed by atoms with E-state index in [1.165, 1.54) is 18.0 Å². The van der Waals surface area contributed by atoms with Gasteiger partial charge < -0.3 is 9.84 Å². The Morgan fingerprint density at radius 3 is 2.39 bits per heavy atom. The number of ether oxygens (including phenoxy) is 1. The maximum Gasteiger partial charge on any atom is 0.341 e. The number of carbonyl (C=O) groups is 2. The van der Waals surface area contributed by atoms with Gasteiger partial charge in [0.1, 0.15) is 5.75 Å². The molecule has 2 rings (SSSR count). The van der Waals surface area contributed by atoms with Crippen LogP contribution in [0.2, 0.25) is 0 Å². The number of rotatable bonds is 8. The van der Waals surface area contributed by atoms with Crippen LogP contribution in [0.1, 0.15) is 17.0 Å². The van der Waals surface area contributed by atoms with E-state index in [2.05, 4.69) is 52.4 Å². The highest BCUT2D eigenvalue weighted by atomic mass is 79.9. The van der Waals surface area contributed by atoms with Crippen molar-refractivity contribution in [2.24, 2.45) is 5.10 Å². The number of aromatic nitrogens is 2. The number of thioether (sulfide) groups is 1. The van der Waals surface area contributed by atoms with E-state index in [1.54, 1.807) is 12.1 Å². The zero-order valence-electron chi connectivity index (χ0n) is 14.9. The number of carbonyl (C=O) groups excluding carboxylic acids is 1. The summed E-state index contributed by atoms with van der Waals surface area (Å²) in [7, 11) is 0. The first-order valence-electron chi connectivity index (χ1n) is 7.85. The van der Waals surface area contributed by atoms with Crippen LogP contribution >= 0.6 is 43.6 Å². The molecular formula is C17H16Br2N4O4S. The molecule has 0 radical (unpaired) electrons. The molecular weight excluding hydrogens is 516 g/mol. The van der Waals surface area contributed by atoms with Crippen LogP contribution in [0.25, 0.3) is 0 Å². The van der Waals surface area contributed by atoms with E-state index in [9.17, 15) is 9.59 Å². The molecule has 148 valence electrons. The number of aryl methyl sites for hydroxylation is 2. The minimum absolute atomic E-state index is 0.135. The van der Waals surface area contributed by atoms with Crippen molar-refractivity contribution in [2.75, 3.05) is 12.4 Å². The lowest BCUT2D eigenvalue weighted by Gasteiger charge is -2.09. The van der Waals surface area contributed by atoms with Gasteiger partial charge in [0.15, 0.2) is 11.8 Å².